The highest BCUT2D eigenvalue weighted by molar-refractivity contribution is 6.30. The Labute approximate surface area is 156 Å². The summed E-state index contributed by atoms with van der Waals surface area (Å²) in [6.07, 6.45) is 0. The molecule has 0 bridgehead atoms. The number of nitrogens with one attached hydrogen (secondary N) is 1. The topological polar surface area (TPSA) is 85.4 Å². The normalized spacial score (nSPS) is 11.2. The van der Waals surface area contributed by atoms with Gasteiger partial charge in [-0.05, 0) is 55.0 Å². The molecule has 3 aromatic rings. The summed E-state index contributed by atoms with van der Waals surface area (Å²) >= 11 is 5.93. The van der Waals surface area contributed by atoms with Crippen LogP contribution in [0.25, 0.3) is 0 Å². The van der Waals surface area contributed by atoms with Crippen LogP contribution in [0.2, 0.25) is 5.02 Å². The number of hydrogen-bond donors (Lipinski definition) is 1. The minimum absolute atomic E-state index is 0.402. The molecule has 5 nitrogen and oxygen atoms in total. The van der Waals surface area contributed by atoms with Crippen LogP contribution in [0.15, 0.2) is 54.6 Å². The van der Waals surface area contributed by atoms with E-state index in [1.54, 1.807) is 42.5 Å². The number of hydrogen-bond acceptors (Lipinski definition) is 5. The molecule has 0 aliphatic heterocycles. The Kier molecular flexibility index (Phi) is 5.12. The van der Waals surface area contributed by atoms with E-state index in [1.165, 1.54) is 0 Å². The van der Waals surface area contributed by atoms with Gasteiger partial charge in [-0.1, -0.05) is 23.7 Å². The van der Waals surface area contributed by atoms with E-state index < -0.39 is 5.92 Å². The van der Waals surface area contributed by atoms with Crippen LogP contribution in [0.4, 0.5) is 11.6 Å². The van der Waals surface area contributed by atoms with Gasteiger partial charge in [0.1, 0.15) is 5.92 Å². The van der Waals surface area contributed by atoms with Crippen molar-refractivity contribution in [3.8, 4) is 12.1 Å². The number of aromatic nitrogens is 2. The maximum Gasteiger partial charge on any atom is 0.227 e. The quantitative estimate of drug-likeness (QED) is 0.729. The molecular formula is C20H14ClN5. The lowest BCUT2D eigenvalue weighted by molar-refractivity contribution is 0.935. The van der Waals surface area contributed by atoms with E-state index in [0.29, 0.717) is 22.2 Å². The van der Waals surface area contributed by atoms with Crippen molar-refractivity contribution in [1.82, 2.24) is 9.97 Å². The highest BCUT2D eigenvalue weighted by Gasteiger charge is 2.17. The van der Waals surface area contributed by atoms with Crippen LogP contribution >= 0.6 is 11.6 Å². The summed E-state index contributed by atoms with van der Waals surface area (Å²) < 4.78 is 0. The van der Waals surface area contributed by atoms with Gasteiger partial charge in [0.2, 0.25) is 5.95 Å². The SMILES string of the molecule is Cc1cc(C(C#N)c2ccc(Cl)cc2)nc(Nc2ccc(C#N)cc2)n1. The number of nitriles is 2. The Bertz CT molecular complexity index is 998. The second kappa shape index (κ2) is 7.65. The third-order valence-corrected chi connectivity index (χ3v) is 4.02. The minimum atomic E-state index is -0.518. The monoisotopic (exact) mass is 359 g/mol. The highest BCUT2D eigenvalue weighted by Crippen LogP contribution is 2.26. The molecule has 0 amide bonds. The molecule has 3 rings (SSSR count). The van der Waals surface area contributed by atoms with Crippen molar-refractivity contribution in [2.45, 2.75) is 12.8 Å². The molecular weight excluding hydrogens is 346 g/mol. The summed E-state index contributed by atoms with van der Waals surface area (Å²) in [6, 6.07) is 20.3. The summed E-state index contributed by atoms with van der Waals surface area (Å²) in [6.45, 7) is 1.85. The van der Waals surface area contributed by atoms with E-state index in [4.69, 9.17) is 16.9 Å². The van der Waals surface area contributed by atoms with Gasteiger partial charge in [0.05, 0.1) is 23.4 Å². The zero-order valence-electron chi connectivity index (χ0n) is 13.9. The zero-order chi connectivity index (χ0) is 18.5. The molecule has 1 heterocycles. The van der Waals surface area contributed by atoms with Gasteiger partial charge in [-0.25, -0.2) is 9.97 Å². The second-order valence-electron chi connectivity index (χ2n) is 5.69. The van der Waals surface area contributed by atoms with E-state index in [1.807, 2.05) is 19.1 Å². The van der Waals surface area contributed by atoms with Crippen LogP contribution in [-0.4, -0.2) is 9.97 Å². The average Bonchev–Trinajstić information content (AvgIpc) is 2.64. The molecule has 0 saturated heterocycles. The van der Waals surface area contributed by atoms with Crippen LogP contribution in [0.3, 0.4) is 0 Å². The first-order valence-electron chi connectivity index (χ1n) is 7.87. The van der Waals surface area contributed by atoms with Gasteiger partial charge in [-0.3, -0.25) is 0 Å². The molecule has 0 aliphatic rings. The molecule has 0 aliphatic carbocycles. The predicted molar refractivity (Wildman–Crippen MR) is 100 cm³/mol. The van der Waals surface area contributed by atoms with Crippen molar-refractivity contribution in [1.29, 1.82) is 10.5 Å². The van der Waals surface area contributed by atoms with Crippen LogP contribution in [-0.2, 0) is 0 Å². The fourth-order valence-electron chi connectivity index (χ4n) is 2.52. The van der Waals surface area contributed by atoms with Crippen molar-refractivity contribution in [3.63, 3.8) is 0 Å². The van der Waals surface area contributed by atoms with Crippen LogP contribution < -0.4 is 5.32 Å². The number of anilines is 2. The Balaban J connectivity index is 1.92. The molecule has 0 saturated carbocycles. The molecule has 1 atom stereocenters. The van der Waals surface area contributed by atoms with Crippen molar-refractivity contribution < 1.29 is 0 Å². The van der Waals surface area contributed by atoms with Gasteiger partial charge in [0, 0.05) is 16.4 Å². The van der Waals surface area contributed by atoms with E-state index in [9.17, 15) is 5.26 Å². The predicted octanol–water partition coefficient (Wildman–Crippen LogP) is 4.71. The molecule has 1 aromatic heterocycles. The number of halogens is 1. The Hall–Kier alpha value is -3.41. The van der Waals surface area contributed by atoms with E-state index >= 15 is 0 Å². The van der Waals surface area contributed by atoms with Gasteiger partial charge in [-0.15, -0.1) is 0 Å². The maximum absolute atomic E-state index is 9.64. The summed E-state index contributed by atoms with van der Waals surface area (Å²) in [4.78, 5) is 8.88. The zero-order valence-corrected chi connectivity index (χ0v) is 14.7. The molecule has 2 aromatic carbocycles. The van der Waals surface area contributed by atoms with Gasteiger partial charge in [0.25, 0.3) is 0 Å². The van der Waals surface area contributed by atoms with Crippen molar-refractivity contribution >= 4 is 23.2 Å². The molecule has 1 N–H and O–H groups in total. The number of rotatable bonds is 4. The third-order valence-electron chi connectivity index (χ3n) is 3.77. The average molecular weight is 360 g/mol. The Morgan fingerprint density at radius 3 is 2.31 bits per heavy atom. The highest BCUT2D eigenvalue weighted by atomic mass is 35.5. The lowest BCUT2D eigenvalue weighted by Crippen LogP contribution is -2.06. The van der Waals surface area contributed by atoms with E-state index in [0.717, 1.165) is 16.9 Å². The van der Waals surface area contributed by atoms with Gasteiger partial charge >= 0.3 is 0 Å². The summed E-state index contributed by atoms with van der Waals surface area (Å²) in [5.41, 5.74) is 3.52. The van der Waals surface area contributed by atoms with Crippen molar-refractivity contribution in [2.24, 2.45) is 0 Å². The molecule has 126 valence electrons. The van der Waals surface area contributed by atoms with E-state index in [2.05, 4.69) is 27.4 Å². The van der Waals surface area contributed by atoms with Gasteiger partial charge in [-0.2, -0.15) is 10.5 Å². The molecule has 1 unspecified atom stereocenters. The third kappa shape index (κ3) is 3.97. The van der Waals surface area contributed by atoms with Crippen LogP contribution in [0.1, 0.15) is 28.4 Å². The standard InChI is InChI=1S/C20H14ClN5/c1-13-10-19(18(12-23)15-4-6-16(21)7-5-15)26-20(24-13)25-17-8-2-14(11-22)3-9-17/h2-10,18H,1H3,(H,24,25,26). The first-order valence-corrected chi connectivity index (χ1v) is 8.24. The maximum atomic E-state index is 9.64. The first kappa shape index (κ1) is 17.4. The summed E-state index contributed by atoms with van der Waals surface area (Å²) in [5, 5.41) is 22.2. The first-order chi connectivity index (χ1) is 12.6. The largest absolute Gasteiger partial charge is 0.324 e. The van der Waals surface area contributed by atoms with Crippen LogP contribution in [0.5, 0.6) is 0 Å². The fraction of sp³-hybridized carbons (Fsp3) is 0.100. The second-order valence-corrected chi connectivity index (χ2v) is 6.12. The fourth-order valence-corrected chi connectivity index (χ4v) is 2.65. The molecule has 0 fully saturated rings. The Morgan fingerprint density at radius 1 is 1.00 bits per heavy atom. The number of aryl methyl sites for hydroxylation is 1. The molecule has 0 radical (unpaired) electrons. The lowest BCUT2D eigenvalue weighted by atomic mass is 9.96. The summed E-state index contributed by atoms with van der Waals surface area (Å²) in [5.74, 6) is -0.116. The van der Waals surface area contributed by atoms with Gasteiger partial charge < -0.3 is 5.32 Å². The molecule has 0 spiro atoms. The van der Waals surface area contributed by atoms with Gasteiger partial charge in [0.15, 0.2) is 0 Å². The van der Waals surface area contributed by atoms with Crippen molar-refractivity contribution in [2.75, 3.05) is 5.32 Å². The smallest absolute Gasteiger partial charge is 0.227 e. The number of benzene rings is 2. The molecule has 26 heavy (non-hydrogen) atoms. The molecule has 6 heteroatoms. The summed E-state index contributed by atoms with van der Waals surface area (Å²) in [7, 11) is 0. The van der Waals surface area contributed by atoms with Crippen LogP contribution in [0, 0.1) is 29.6 Å². The van der Waals surface area contributed by atoms with Crippen molar-refractivity contribution in [3.05, 3.63) is 82.1 Å². The lowest BCUT2D eigenvalue weighted by Gasteiger charge is -2.12. The Morgan fingerprint density at radius 2 is 1.69 bits per heavy atom. The minimum Gasteiger partial charge on any atom is -0.324 e. The number of nitrogens with zero attached hydrogens (tertiary/aromatic N) is 4. The van der Waals surface area contributed by atoms with E-state index in [-0.39, 0.29) is 0 Å².